The number of aromatic nitrogens is 2. The molecule has 0 bridgehead atoms. The summed E-state index contributed by atoms with van der Waals surface area (Å²) in [6.45, 7) is 9.15. The first kappa shape index (κ1) is 19.4. The molecule has 3 rings (SSSR count). The molecular formula is C20H34N4O2. The maximum atomic E-state index is 12.2. The summed E-state index contributed by atoms with van der Waals surface area (Å²) in [6.07, 6.45) is 10.3. The molecule has 1 amide bonds. The second-order valence-electron chi connectivity index (χ2n) is 8.02. The van der Waals surface area contributed by atoms with E-state index in [1.165, 1.54) is 32.4 Å². The van der Waals surface area contributed by atoms with E-state index in [4.69, 9.17) is 4.74 Å². The quantitative estimate of drug-likeness (QED) is 0.666. The number of likely N-dealkylation sites (tertiary alicyclic amines) is 2. The van der Waals surface area contributed by atoms with E-state index in [-0.39, 0.29) is 0 Å². The van der Waals surface area contributed by atoms with Crippen LogP contribution in [0.4, 0.5) is 0 Å². The number of aryl methyl sites for hydroxylation is 2. The maximum Gasteiger partial charge on any atom is 0.222 e. The molecular weight excluding hydrogens is 328 g/mol. The van der Waals surface area contributed by atoms with Gasteiger partial charge in [-0.05, 0) is 64.1 Å². The highest BCUT2D eigenvalue weighted by atomic mass is 16.5. The Kier molecular flexibility index (Phi) is 6.70. The molecule has 0 aromatic carbocycles. The van der Waals surface area contributed by atoms with Crippen molar-refractivity contribution in [3.63, 3.8) is 0 Å². The largest absolute Gasteiger partial charge is 0.385 e. The summed E-state index contributed by atoms with van der Waals surface area (Å²) in [5.74, 6) is 1.44. The van der Waals surface area contributed by atoms with Crippen LogP contribution in [0.3, 0.4) is 0 Å². The van der Waals surface area contributed by atoms with Gasteiger partial charge in [-0.2, -0.15) is 0 Å². The molecule has 3 heterocycles. The number of piperidine rings is 2. The van der Waals surface area contributed by atoms with Crippen LogP contribution in [0.1, 0.15) is 44.3 Å². The number of rotatable bonds is 8. The third-order valence-corrected chi connectivity index (χ3v) is 6.24. The predicted octanol–water partition coefficient (Wildman–Crippen LogP) is 2.32. The Labute approximate surface area is 157 Å². The molecule has 2 aliphatic rings. The Morgan fingerprint density at radius 2 is 1.96 bits per heavy atom. The van der Waals surface area contributed by atoms with E-state index in [0.717, 1.165) is 57.9 Å². The number of ether oxygens (including phenoxy) is 1. The van der Waals surface area contributed by atoms with Gasteiger partial charge < -0.3 is 19.1 Å². The predicted molar refractivity (Wildman–Crippen MR) is 102 cm³/mol. The molecule has 0 N–H and O–H groups in total. The van der Waals surface area contributed by atoms with Gasteiger partial charge in [-0.25, -0.2) is 4.98 Å². The Morgan fingerprint density at radius 3 is 2.65 bits per heavy atom. The molecule has 2 fully saturated rings. The number of hydrogen-bond acceptors (Lipinski definition) is 4. The molecule has 26 heavy (non-hydrogen) atoms. The van der Waals surface area contributed by atoms with Crippen LogP contribution in [0.5, 0.6) is 0 Å². The van der Waals surface area contributed by atoms with E-state index < -0.39 is 0 Å². The first-order chi connectivity index (χ1) is 12.6. The van der Waals surface area contributed by atoms with Crippen molar-refractivity contribution >= 4 is 5.91 Å². The van der Waals surface area contributed by atoms with Crippen LogP contribution in [-0.2, 0) is 16.1 Å². The monoisotopic (exact) mass is 362 g/mol. The molecule has 0 unspecified atom stereocenters. The molecule has 0 saturated carbocycles. The minimum atomic E-state index is 0.338. The Balaban J connectivity index is 1.42. The summed E-state index contributed by atoms with van der Waals surface area (Å²) in [6, 6.07) is 0. The summed E-state index contributed by atoms with van der Waals surface area (Å²) < 4.78 is 7.37. The van der Waals surface area contributed by atoms with Gasteiger partial charge in [-0.3, -0.25) is 4.79 Å². The SMILES string of the molecule is COCCCN1CC2(CCC1=O)CCN(CCCn1ccnc1C)CC2. The average Bonchev–Trinajstić information content (AvgIpc) is 3.05. The standard InChI is InChI=1S/C20H34N4O2/c1-18-21-9-15-23(18)11-3-10-22-13-7-20(8-14-22)6-5-19(25)24(17-20)12-4-16-26-2/h9,15H,3-8,10-14,16-17H2,1-2H3. The van der Waals surface area contributed by atoms with Crippen molar-refractivity contribution in [1.29, 1.82) is 0 Å². The second-order valence-corrected chi connectivity index (χ2v) is 8.02. The molecule has 0 aliphatic carbocycles. The number of nitrogens with zero attached hydrogens (tertiary/aromatic N) is 4. The lowest BCUT2D eigenvalue weighted by molar-refractivity contribution is -0.139. The molecule has 0 radical (unpaired) electrons. The molecule has 2 saturated heterocycles. The van der Waals surface area contributed by atoms with Crippen LogP contribution in [-0.4, -0.2) is 71.7 Å². The van der Waals surface area contributed by atoms with E-state index in [1.54, 1.807) is 7.11 Å². The zero-order valence-electron chi connectivity index (χ0n) is 16.5. The molecule has 6 nitrogen and oxygen atoms in total. The van der Waals surface area contributed by atoms with Crippen molar-refractivity contribution in [2.45, 2.75) is 52.0 Å². The fourth-order valence-electron chi connectivity index (χ4n) is 4.47. The highest BCUT2D eigenvalue weighted by Gasteiger charge is 2.40. The number of imidazole rings is 1. The van der Waals surface area contributed by atoms with Crippen LogP contribution in [0.15, 0.2) is 12.4 Å². The maximum absolute atomic E-state index is 12.2. The average molecular weight is 363 g/mol. The molecule has 1 aromatic rings. The van der Waals surface area contributed by atoms with Gasteiger partial charge in [0.1, 0.15) is 5.82 Å². The van der Waals surface area contributed by atoms with Crippen LogP contribution in [0.25, 0.3) is 0 Å². The molecule has 1 spiro atoms. The zero-order valence-corrected chi connectivity index (χ0v) is 16.5. The van der Waals surface area contributed by atoms with Crippen LogP contribution in [0, 0.1) is 12.3 Å². The minimum absolute atomic E-state index is 0.338. The summed E-state index contributed by atoms with van der Waals surface area (Å²) in [7, 11) is 1.73. The van der Waals surface area contributed by atoms with Gasteiger partial charge in [0.25, 0.3) is 0 Å². The van der Waals surface area contributed by atoms with Crippen molar-refractivity contribution in [3.8, 4) is 0 Å². The topological polar surface area (TPSA) is 50.6 Å². The molecule has 6 heteroatoms. The van der Waals surface area contributed by atoms with Crippen LogP contribution in [0.2, 0.25) is 0 Å². The summed E-state index contributed by atoms with van der Waals surface area (Å²) in [5.41, 5.74) is 0.360. The highest BCUT2D eigenvalue weighted by Crippen LogP contribution is 2.40. The minimum Gasteiger partial charge on any atom is -0.385 e. The van der Waals surface area contributed by atoms with Crippen molar-refractivity contribution in [2.75, 3.05) is 46.4 Å². The van der Waals surface area contributed by atoms with Gasteiger partial charge >= 0.3 is 0 Å². The third-order valence-electron chi connectivity index (χ3n) is 6.24. The van der Waals surface area contributed by atoms with E-state index in [1.807, 2.05) is 6.20 Å². The molecule has 146 valence electrons. The van der Waals surface area contributed by atoms with Crippen LogP contribution >= 0.6 is 0 Å². The van der Waals surface area contributed by atoms with Crippen LogP contribution < -0.4 is 0 Å². The van der Waals surface area contributed by atoms with Crippen molar-refractivity contribution < 1.29 is 9.53 Å². The number of carbonyl (C=O) groups is 1. The van der Waals surface area contributed by atoms with Gasteiger partial charge in [0.05, 0.1) is 0 Å². The fourth-order valence-corrected chi connectivity index (χ4v) is 4.47. The van der Waals surface area contributed by atoms with Crippen molar-refractivity contribution in [3.05, 3.63) is 18.2 Å². The first-order valence-electron chi connectivity index (χ1n) is 10.1. The second kappa shape index (κ2) is 9.00. The Morgan fingerprint density at radius 1 is 1.15 bits per heavy atom. The van der Waals surface area contributed by atoms with Crippen molar-refractivity contribution in [1.82, 2.24) is 19.4 Å². The lowest BCUT2D eigenvalue weighted by Crippen LogP contribution is -2.51. The van der Waals surface area contributed by atoms with E-state index in [2.05, 4.69) is 32.5 Å². The van der Waals surface area contributed by atoms with Gasteiger partial charge in [-0.1, -0.05) is 0 Å². The summed E-state index contributed by atoms with van der Waals surface area (Å²) in [4.78, 5) is 21.2. The highest BCUT2D eigenvalue weighted by molar-refractivity contribution is 5.77. The molecule has 2 aliphatic heterocycles. The summed E-state index contributed by atoms with van der Waals surface area (Å²) in [5, 5.41) is 0. The number of methoxy groups -OCH3 is 1. The van der Waals surface area contributed by atoms with E-state index in [9.17, 15) is 4.79 Å². The first-order valence-corrected chi connectivity index (χ1v) is 10.1. The van der Waals surface area contributed by atoms with E-state index in [0.29, 0.717) is 11.3 Å². The van der Waals surface area contributed by atoms with Gasteiger partial charge in [0.15, 0.2) is 0 Å². The van der Waals surface area contributed by atoms with E-state index >= 15 is 0 Å². The van der Waals surface area contributed by atoms with Crippen molar-refractivity contribution in [2.24, 2.45) is 5.41 Å². The Hall–Kier alpha value is -1.40. The lowest BCUT2D eigenvalue weighted by atomic mass is 9.72. The third kappa shape index (κ3) is 4.86. The molecule has 1 aromatic heterocycles. The number of hydrogen-bond donors (Lipinski definition) is 0. The normalized spacial score (nSPS) is 20.8. The van der Waals surface area contributed by atoms with Gasteiger partial charge in [0.2, 0.25) is 5.91 Å². The Bertz CT molecular complexity index is 578. The molecule has 0 atom stereocenters. The zero-order chi connectivity index (χ0) is 18.4. The number of carbonyl (C=O) groups excluding carboxylic acids is 1. The van der Waals surface area contributed by atoms with Gasteiger partial charge in [-0.15, -0.1) is 0 Å². The number of amides is 1. The lowest BCUT2D eigenvalue weighted by Gasteiger charge is -2.47. The fraction of sp³-hybridized carbons (Fsp3) is 0.800. The summed E-state index contributed by atoms with van der Waals surface area (Å²) >= 11 is 0. The van der Waals surface area contributed by atoms with Gasteiger partial charge in [0, 0.05) is 52.2 Å². The smallest absolute Gasteiger partial charge is 0.222 e.